The molecule has 1 amide bonds. The van der Waals surface area contributed by atoms with E-state index in [2.05, 4.69) is 4.90 Å². The molecule has 1 N–H and O–H groups in total. The summed E-state index contributed by atoms with van der Waals surface area (Å²) < 4.78 is 0. The summed E-state index contributed by atoms with van der Waals surface area (Å²) in [4.78, 5) is 16.3. The molecule has 1 saturated heterocycles. The van der Waals surface area contributed by atoms with Crippen LogP contribution in [0.15, 0.2) is 24.3 Å². The number of carbonyl (C=O) groups is 1. The van der Waals surface area contributed by atoms with Gasteiger partial charge in [-0.25, -0.2) is 0 Å². The Bertz CT molecular complexity index is 456. The van der Waals surface area contributed by atoms with Gasteiger partial charge in [0, 0.05) is 25.2 Å². The van der Waals surface area contributed by atoms with Crippen LogP contribution in [0.4, 0.5) is 0 Å². The van der Waals surface area contributed by atoms with Crippen LogP contribution < -0.4 is 0 Å². The van der Waals surface area contributed by atoms with Gasteiger partial charge in [0.2, 0.25) is 0 Å². The third-order valence-electron chi connectivity index (χ3n) is 3.83. The van der Waals surface area contributed by atoms with Crippen LogP contribution in [0.25, 0.3) is 0 Å². The van der Waals surface area contributed by atoms with Crippen LogP contribution in [0.1, 0.15) is 35.7 Å². The van der Waals surface area contributed by atoms with E-state index in [-0.39, 0.29) is 5.91 Å². The van der Waals surface area contributed by atoms with Crippen molar-refractivity contribution in [2.75, 3.05) is 27.2 Å². The molecule has 0 radical (unpaired) electrons. The lowest BCUT2D eigenvalue weighted by molar-refractivity contribution is -0.00202. The van der Waals surface area contributed by atoms with Gasteiger partial charge in [0.05, 0.1) is 5.60 Å². The van der Waals surface area contributed by atoms with Crippen molar-refractivity contribution in [1.82, 2.24) is 9.80 Å². The van der Waals surface area contributed by atoms with Crippen LogP contribution >= 0.6 is 0 Å². The molecular weight excluding hydrogens is 252 g/mol. The molecule has 0 unspecified atom stereocenters. The summed E-state index contributed by atoms with van der Waals surface area (Å²) >= 11 is 0. The number of piperidine rings is 1. The Balaban J connectivity index is 1.99. The quantitative estimate of drug-likeness (QED) is 0.914. The predicted molar refractivity (Wildman–Crippen MR) is 79.6 cm³/mol. The van der Waals surface area contributed by atoms with E-state index in [0.717, 1.165) is 12.1 Å². The van der Waals surface area contributed by atoms with E-state index in [4.69, 9.17) is 0 Å². The van der Waals surface area contributed by atoms with Gasteiger partial charge in [-0.05, 0) is 51.6 Å². The molecule has 1 aliphatic heterocycles. The first-order valence-corrected chi connectivity index (χ1v) is 7.13. The first kappa shape index (κ1) is 15.0. The second-order valence-corrected chi connectivity index (χ2v) is 6.22. The Morgan fingerprint density at radius 1 is 1.25 bits per heavy atom. The Morgan fingerprint density at radius 3 is 2.30 bits per heavy atom. The van der Waals surface area contributed by atoms with Gasteiger partial charge in [-0.1, -0.05) is 12.1 Å². The Hall–Kier alpha value is -1.39. The molecule has 0 aromatic heterocycles. The highest BCUT2D eigenvalue weighted by atomic mass is 16.3. The zero-order valence-electron chi connectivity index (χ0n) is 12.6. The van der Waals surface area contributed by atoms with E-state index in [1.807, 2.05) is 50.2 Å². The lowest BCUT2D eigenvalue weighted by Gasteiger charge is -2.35. The summed E-state index contributed by atoms with van der Waals surface area (Å²) in [6, 6.07) is 7.81. The molecule has 20 heavy (non-hydrogen) atoms. The number of carbonyl (C=O) groups excluding carboxylic acids is 1. The summed E-state index contributed by atoms with van der Waals surface area (Å²) in [6.45, 7) is 3.97. The SMILES string of the molecule is CN(C)Cc1ccc(C(=O)N2CCC(C)(O)CC2)cc1. The number of aliphatic hydroxyl groups is 1. The third-order valence-corrected chi connectivity index (χ3v) is 3.83. The van der Waals surface area contributed by atoms with Crippen LogP contribution in [-0.4, -0.2) is 53.6 Å². The Labute approximate surface area is 121 Å². The average molecular weight is 276 g/mol. The van der Waals surface area contributed by atoms with E-state index >= 15 is 0 Å². The van der Waals surface area contributed by atoms with E-state index < -0.39 is 5.60 Å². The summed E-state index contributed by atoms with van der Waals surface area (Å²) in [5.74, 6) is 0.0666. The molecule has 0 atom stereocenters. The zero-order chi connectivity index (χ0) is 14.8. The predicted octanol–water partition coefficient (Wildman–Crippen LogP) is 1.74. The highest BCUT2D eigenvalue weighted by molar-refractivity contribution is 5.94. The number of hydrogen-bond acceptors (Lipinski definition) is 3. The number of rotatable bonds is 3. The molecule has 0 spiro atoms. The van der Waals surface area contributed by atoms with Gasteiger partial charge < -0.3 is 14.9 Å². The van der Waals surface area contributed by atoms with Gasteiger partial charge in [0.1, 0.15) is 0 Å². The lowest BCUT2D eigenvalue weighted by Crippen LogP contribution is -2.45. The minimum Gasteiger partial charge on any atom is -0.390 e. The molecule has 1 aliphatic rings. The Morgan fingerprint density at radius 2 is 1.80 bits per heavy atom. The zero-order valence-corrected chi connectivity index (χ0v) is 12.6. The fourth-order valence-electron chi connectivity index (χ4n) is 2.49. The van der Waals surface area contributed by atoms with Gasteiger partial charge >= 0.3 is 0 Å². The lowest BCUT2D eigenvalue weighted by atomic mass is 9.93. The maximum absolute atomic E-state index is 12.4. The average Bonchev–Trinajstić information content (AvgIpc) is 2.38. The third kappa shape index (κ3) is 3.81. The summed E-state index contributed by atoms with van der Waals surface area (Å²) in [6.07, 6.45) is 1.30. The molecule has 4 heteroatoms. The highest BCUT2D eigenvalue weighted by Crippen LogP contribution is 2.22. The maximum atomic E-state index is 12.4. The van der Waals surface area contributed by atoms with Crippen LogP contribution in [0.3, 0.4) is 0 Å². The molecule has 0 aliphatic carbocycles. The number of hydrogen-bond donors (Lipinski definition) is 1. The van der Waals surface area contributed by atoms with Gasteiger partial charge in [-0.15, -0.1) is 0 Å². The monoisotopic (exact) mass is 276 g/mol. The van der Waals surface area contributed by atoms with E-state index in [0.29, 0.717) is 25.9 Å². The number of nitrogens with zero attached hydrogens (tertiary/aromatic N) is 2. The van der Waals surface area contributed by atoms with Crippen molar-refractivity contribution in [2.24, 2.45) is 0 Å². The summed E-state index contributed by atoms with van der Waals surface area (Å²) in [5, 5.41) is 9.92. The van der Waals surface area contributed by atoms with Crippen molar-refractivity contribution in [1.29, 1.82) is 0 Å². The maximum Gasteiger partial charge on any atom is 0.253 e. The van der Waals surface area contributed by atoms with Crippen molar-refractivity contribution in [3.8, 4) is 0 Å². The summed E-state index contributed by atoms with van der Waals surface area (Å²) in [5.41, 5.74) is 1.31. The first-order chi connectivity index (χ1) is 9.37. The smallest absolute Gasteiger partial charge is 0.253 e. The number of likely N-dealkylation sites (tertiary alicyclic amines) is 1. The molecule has 0 saturated carbocycles. The topological polar surface area (TPSA) is 43.8 Å². The molecule has 2 rings (SSSR count). The normalized spacial score (nSPS) is 18.4. The van der Waals surface area contributed by atoms with Crippen molar-refractivity contribution in [3.05, 3.63) is 35.4 Å². The second kappa shape index (κ2) is 5.94. The van der Waals surface area contributed by atoms with Crippen LogP contribution in [0, 0.1) is 0 Å². The van der Waals surface area contributed by atoms with E-state index in [1.54, 1.807) is 0 Å². The molecule has 4 nitrogen and oxygen atoms in total. The largest absolute Gasteiger partial charge is 0.390 e. The molecule has 1 heterocycles. The fourth-order valence-corrected chi connectivity index (χ4v) is 2.49. The fraction of sp³-hybridized carbons (Fsp3) is 0.562. The number of benzene rings is 1. The van der Waals surface area contributed by atoms with Gasteiger partial charge in [-0.3, -0.25) is 4.79 Å². The van der Waals surface area contributed by atoms with E-state index in [1.165, 1.54) is 5.56 Å². The molecule has 110 valence electrons. The number of amides is 1. The molecule has 0 bridgehead atoms. The standard InChI is InChI=1S/C16H24N2O2/c1-16(20)8-10-18(11-9-16)15(19)14-6-4-13(5-7-14)12-17(2)3/h4-7,20H,8-12H2,1-3H3. The molecular formula is C16H24N2O2. The van der Waals surface area contributed by atoms with Crippen molar-refractivity contribution < 1.29 is 9.90 Å². The van der Waals surface area contributed by atoms with Crippen molar-refractivity contribution in [3.63, 3.8) is 0 Å². The van der Waals surface area contributed by atoms with Gasteiger partial charge in [0.15, 0.2) is 0 Å². The van der Waals surface area contributed by atoms with Crippen LogP contribution in [0.2, 0.25) is 0 Å². The minimum atomic E-state index is -0.619. The van der Waals surface area contributed by atoms with Crippen molar-refractivity contribution >= 4 is 5.91 Å². The minimum absolute atomic E-state index is 0.0666. The Kier molecular flexibility index (Phi) is 4.45. The summed E-state index contributed by atoms with van der Waals surface area (Å²) in [7, 11) is 4.05. The second-order valence-electron chi connectivity index (χ2n) is 6.22. The van der Waals surface area contributed by atoms with Gasteiger partial charge in [-0.2, -0.15) is 0 Å². The van der Waals surface area contributed by atoms with Crippen LogP contribution in [-0.2, 0) is 6.54 Å². The van der Waals surface area contributed by atoms with Crippen LogP contribution in [0.5, 0.6) is 0 Å². The van der Waals surface area contributed by atoms with Crippen molar-refractivity contribution in [2.45, 2.75) is 31.9 Å². The molecule has 1 aromatic rings. The highest BCUT2D eigenvalue weighted by Gasteiger charge is 2.29. The van der Waals surface area contributed by atoms with E-state index in [9.17, 15) is 9.90 Å². The van der Waals surface area contributed by atoms with Gasteiger partial charge in [0.25, 0.3) is 5.91 Å². The first-order valence-electron chi connectivity index (χ1n) is 7.13. The molecule has 1 fully saturated rings. The molecule has 1 aromatic carbocycles.